The van der Waals surface area contributed by atoms with Gasteiger partial charge in [0.15, 0.2) is 0 Å². The molecule has 0 aliphatic heterocycles. The van der Waals surface area contributed by atoms with Crippen LogP contribution in [-0.4, -0.2) is 12.3 Å². The van der Waals surface area contributed by atoms with Crippen LogP contribution in [0.2, 0.25) is 5.02 Å². The van der Waals surface area contributed by atoms with Crippen molar-refractivity contribution in [2.75, 3.05) is 7.11 Å². The van der Waals surface area contributed by atoms with E-state index in [1.807, 2.05) is 12.1 Å². The molecule has 0 aliphatic carbocycles. The fourth-order valence-electron chi connectivity index (χ4n) is 1.26. The summed E-state index contributed by atoms with van der Waals surface area (Å²) in [5.41, 5.74) is 1.43. The zero-order valence-corrected chi connectivity index (χ0v) is 8.28. The molecule has 0 spiro atoms. The number of rotatable bonds is 2. The van der Waals surface area contributed by atoms with Crippen molar-refractivity contribution in [1.82, 2.24) is 5.16 Å². The van der Waals surface area contributed by atoms with E-state index >= 15 is 0 Å². The third-order valence-corrected chi connectivity index (χ3v) is 2.20. The van der Waals surface area contributed by atoms with Crippen molar-refractivity contribution < 1.29 is 9.26 Å². The van der Waals surface area contributed by atoms with Gasteiger partial charge in [0.05, 0.1) is 17.7 Å². The SMILES string of the molecule is COc1cccc(Cl)c1-c1ccon1. The monoisotopic (exact) mass is 209 g/mol. The molecule has 0 saturated heterocycles. The van der Waals surface area contributed by atoms with E-state index in [4.69, 9.17) is 20.9 Å². The minimum absolute atomic E-state index is 0.596. The number of halogens is 1. The van der Waals surface area contributed by atoms with Gasteiger partial charge in [-0.2, -0.15) is 0 Å². The Hall–Kier alpha value is -1.48. The number of aromatic nitrogens is 1. The van der Waals surface area contributed by atoms with Crippen molar-refractivity contribution in [3.05, 3.63) is 35.6 Å². The summed E-state index contributed by atoms with van der Waals surface area (Å²) >= 11 is 6.04. The molecule has 0 radical (unpaired) electrons. The van der Waals surface area contributed by atoms with Crippen LogP contribution < -0.4 is 4.74 Å². The average Bonchev–Trinajstić information content (AvgIpc) is 2.70. The van der Waals surface area contributed by atoms with Crippen molar-refractivity contribution in [1.29, 1.82) is 0 Å². The fraction of sp³-hybridized carbons (Fsp3) is 0.100. The molecule has 0 atom stereocenters. The minimum Gasteiger partial charge on any atom is -0.496 e. The molecular weight excluding hydrogens is 202 g/mol. The second kappa shape index (κ2) is 3.72. The van der Waals surface area contributed by atoms with Gasteiger partial charge in [-0.05, 0) is 12.1 Å². The maximum atomic E-state index is 6.04. The third-order valence-electron chi connectivity index (χ3n) is 1.89. The molecule has 1 heterocycles. The summed E-state index contributed by atoms with van der Waals surface area (Å²) in [6.45, 7) is 0. The number of hydrogen-bond acceptors (Lipinski definition) is 3. The van der Waals surface area contributed by atoms with Gasteiger partial charge in [0.2, 0.25) is 0 Å². The summed E-state index contributed by atoms with van der Waals surface area (Å²) in [6.07, 6.45) is 1.50. The maximum Gasteiger partial charge on any atom is 0.129 e. The van der Waals surface area contributed by atoms with Gasteiger partial charge in [-0.15, -0.1) is 0 Å². The van der Waals surface area contributed by atoms with Gasteiger partial charge in [-0.25, -0.2) is 0 Å². The smallest absolute Gasteiger partial charge is 0.129 e. The molecule has 3 nitrogen and oxygen atoms in total. The number of hydrogen-bond donors (Lipinski definition) is 0. The van der Waals surface area contributed by atoms with E-state index in [0.717, 1.165) is 5.56 Å². The van der Waals surface area contributed by atoms with E-state index < -0.39 is 0 Å². The fourth-order valence-corrected chi connectivity index (χ4v) is 1.53. The lowest BCUT2D eigenvalue weighted by atomic mass is 10.1. The molecule has 0 aliphatic rings. The van der Waals surface area contributed by atoms with Gasteiger partial charge in [-0.3, -0.25) is 0 Å². The number of nitrogens with zero attached hydrogens (tertiary/aromatic N) is 1. The van der Waals surface area contributed by atoms with Crippen LogP contribution in [0.1, 0.15) is 0 Å². The standard InChI is InChI=1S/C10H8ClNO2/c1-13-9-4-2-3-7(11)10(9)8-5-6-14-12-8/h2-6H,1H3. The summed E-state index contributed by atoms with van der Waals surface area (Å²) in [4.78, 5) is 0. The molecule has 0 unspecified atom stereocenters. The maximum absolute atomic E-state index is 6.04. The molecule has 0 fully saturated rings. The lowest BCUT2D eigenvalue weighted by molar-refractivity contribution is 0.411. The molecule has 0 amide bonds. The molecular formula is C10H8ClNO2. The molecule has 1 aromatic heterocycles. The Morgan fingerprint density at radius 1 is 1.36 bits per heavy atom. The number of benzene rings is 1. The quantitative estimate of drug-likeness (QED) is 0.763. The van der Waals surface area contributed by atoms with Crippen LogP contribution in [0.15, 0.2) is 35.1 Å². The molecule has 0 N–H and O–H groups in total. The molecule has 72 valence electrons. The summed E-state index contributed by atoms with van der Waals surface area (Å²) in [6, 6.07) is 7.18. The minimum atomic E-state index is 0.596. The number of ether oxygens (including phenoxy) is 1. The third kappa shape index (κ3) is 1.46. The van der Waals surface area contributed by atoms with Crippen molar-refractivity contribution in [3.63, 3.8) is 0 Å². The van der Waals surface area contributed by atoms with Crippen LogP contribution in [0.5, 0.6) is 5.75 Å². The topological polar surface area (TPSA) is 35.3 Å². The zero-order valence-electron chi connectivity index (χ0n) is 7.53. The highest BCUT2D eigenvalue weighted by Crippen LogP contribution is 2.34. The summed E-state index contributed by atoms with van der Waals surface area (Å²) in [5.74, 6) is 0.686. The summed E-state index contributed by atoms with van der Waals surface area (Å²) < 4.78 is 9.94. The van der Waals surface area contributed by atoms with Crippen molar-refractivity contribution in [2.45, 2.75) is 0 Å². The second-order valence-electron chi connectivity index (χ2n) is 2.70. The Balaban J connectivity index is 2.61. The van der Waals surface area contributed by atoms with Gasteiger partial charge < -0.3 is 9.26 Å². The van der Waals surface area contributed by atoms with Crippen molar-refractivity contribution in [3.8, 4) is 17.0 Å². The first-order valence-electron chi connectivity index (χ1n) is 4.06. The number of methoxy groups -OCH3 is 1. The van der Waals surface area contributed by atoms with E-state index in [-0.39, 0.29) is 0 Å². The van der Waals surface area contributed by atoms with Crippen molar-refractivity contribution in [2.24, 2.45) is 0 Å². The van der Waals surface area contributed by atoms with Crippen LogP contribution in [0, 0.1) is 0 Å². The van der Waals surface area contributed by atoms with E-state index in [9.17, 15) is 0 Å². The Bertz CT molecular complexity index is 426. The Morgan fingerprint density at radius 3 is 2.86 bits per heavy atom. The van der Waals surface area contributed by atoms with Crippen LogP contribution in [0.3, 0.4) is 0 Å². The molecule has 0 bridgehead atoms. The lowest BCUT2D eigenvalue weighted by Gasteiger charge is -2.06. The van der Waals surface area contributed by atoms with Crippen molar-refractivity contribution >= 4 is 11.6 Å². The first kappa shape index (κ1) is 9.09. The largest absolute Gasteiger partial charge is 0.496 e. The zero-order chi connectivity index (χ0) is 9.97. The van der Waals surface area contributed by atoms with Gasteiger partial charge >= 0.3 is 0 Å². The Morgan fingerprint density at radius 2 is 2.21 bits per heavy atom. The highest BCUT2D eigenvalue weighted by atomic mass is 35.5. The molecule has 4 heteroatoms. The summed E-state index contributed by atoms with van der Waals surface area (Å²) in [7, 11) is 1.59. The highest BCUT2D eigenvalue weighted by molar-refractivity contribution is 6.33. The second-order valence-corrected chi connectivity index (χ2v) is 3.11. The average molecular weight is 210 g/mol. The molecule has 0 saturated carbocycles. The van der Waals surface area contributed by atoms with Gasteiger partial charge in [0, 0.05) is 6.07 Å². The van der Waals surface area contributed by atoms with E-state index in [2.05, 4.69) is 5.16 Å². The first-order chi connectivity index (χ1) is 6.83. The van der Waals surface area contributed by atoms with Crippen LogP contribution >= 0.6 is 11.6 Å². The molecule has 1 aromatic carbocycles. The van der Waals surface area contributed by atoms with E-state index in [1.54, 1.807) is 19.2 Å². The first-order valence-corrected chi connectivity index (χ1v) is 4.44. The molecule has 2 aromatic rings. The Labute approximate surface area is 86.2 Å². The van der Waals surface area contributed by atoms with Gasteiger partial charge in [0.1, 0.15) is 17.7 Å². The van der Waals surface area contributed by atoms with Crippen LogP contribution in [0.25, 0.3) is 11.3 Å². The van der Waals surface area contributed by atoms with Gasteiger partial charge in [-0.1, -0.05) is 22.8 Å². The predicted molar refractivity (Wildman–Crippen MR) is 53.5 cm³/mol. The summed E-state index contributed by atoms with van der Waals surface area (Å²) in [5, 5.41) is 4.41. The van der Waals surface area contributed by atoms with E-state index in [0.29, 0.717) is 16.5 Å². The van der Waals surface area contributed by atoms with Crippen LogP contribution in [-0.2, 0) is 0 Å². The van der Waals surface area contributed by atoms with Crippen LogP contribution in [0.4, 0.5) is 0 Å². The van der Waals surface area contributed by atoms with E-state index in [1.165, 1.54) is 6.26 Å². The highest BCUT2D eigenvalue weighted by Gasteiger charge is 2.12. The lowest BCUT2D eigenvalue weighted by Crippen LogP contribution is -1.88. The predicted octanol–water partition coefficient (Wildman–Crippen LogP) is 3.00. The molecule has 14 heavy (non-hydrogen) atoms. The van der Waals surface area contributed by atoms with Gasteiger partial charge in [0.25, 0.3) is 0 Å². The normalized spacial score (nSPS) is 10.1. The molecule has 2 rings (SSSR count). The Kier molecular flexibility index (Phi) is 2.41.